The number of ether oxygens (including phenoxy) is 1. The Labute approximate surface area is 143 Å². The largest absolute Gasteiger partial charge is 0.465 e. The molecule has 1 heterocycles. The molecule has 0 saturated heterocycles. The highest BCUT2D eigenvalue weighted by molar-refractivity contribution is 6.42. The maximum absolute atomic E-state index is 11.6. The van der Waals surface area contributed by atoms with Crippen LogP contribution in [-0.2, 0) is 11.3 Å². The van der Waals surface area contributed by atoms with Gasteiger partial charge in [0.15, 0.2) is 0 Å². The normalized spacial score (nSPS) is 11.0. The minimum Gasteiger partial charge on any atom is -0.465 e. The molecule has 1 aromatic heterocycles. The summed E-state index contributed by atoms with van der Waals surface area (Å²) in [5.74, 6) is 0.483. The van der Waals surface area contributed by atoms with Crippen molar-refractivity contribution in [3.8, 4) is 0 Å². The molecule has 0 saturated carbocycles. The van der Waals surface area contributed by atoms with Crippen LogP contribution in [-0.4, -0.2) is 22.6 Å². The van der Waals surface area contributed by atoms with E-state index in [2.05, 4.69) is 9.55 Å². The monoisotopic (exact) mass is 348 g/mol. The van der Waals surface area contributed by atoms with Crippen molar-refractivity contribution in [3.63, 3.8) is 0 Å². The van der Waals surface area contributed by atoms with Crippen LogP contribution in [0, 0.1) is 6.92 Å². The Balaban J connectivity index is 2.02. The van der Waals surface area contributed by atoms with E-state index in [1.165, 1.54) is 7.11 Å². The van der Waals surface area contributed by atoms with Crippen LogP contribution >= 0.6 is 23.2 Å². The third kappa shape index (κ3) is 3.05. The van der Waals surface area contributed by atoms with Crippen molar-refractivity contribution in [2.75, 3.05) is 7.11 Å². The summed E-state index contributed by atoms with van der Waals surface area (Å²) in [4.78, 5) is 16.1. The van der Waals surface area contributed by atoms with E-state index in [1.54, 1.807) is 18.2 Å². The Bertz CT molecular complexity index is 903. The van der Waals surface area contributed by atoms with E-state index >= 15 is 0 Å². The highest BCUT2D eigenvalue weighted by Gasteiger charge is 2.12. The number of aryl methyl sites for hydroxylation is 1. The minimum absolute atomic E-state index is 0.372. The number of hydrogen-bond donors (Lipinski definition) is 0. The molecule has 23 heavy (non-hydrogen) atoms. The lowest BCUT2D eigenvalue weighted by atomic mass is 10.2. The molecule has 0 aliphatic rings. The predicted octanol–water partition coefficient (Wildman–Crippen LogP) is 4.49. The number of esters is 1. The fourth-order valence-electron chi connectivity index (χ4n) is 2.52. The van der Waals surface area contributed by atoms with Gasteiger partial charge in [0.2, 0.25) is 0 Å². The van der Waals surface area contributed by atoms with Crippen LogP contribution in [0.4, 0.5) is 0 Å². The van der Waals surface area contributed by atoms with E-state index in [1.807, 2.05) is 25.1 Å². The van der Waals surface area contributed by atoms with E-state index in [-0.39, 0.29) is 5.97 Å². The fraction of sp³-hybridized carbons (Fsp3) is 0.176. The number of methoxy groups -OCH3 is 1. The standard InChI is InChI=1S/C17H14Cl2N2O2/c1-10-20-15-8-12(17(22)23-2)4-6-16(15)21(10)9-11-3-5-13(18)14(19)7-11/h3-8H,9H2,1-2H3. The number of nitrogens with zero attached hydrogens (tertiary/aromatic N) is 2. The number of rotatable bonds is 3. The van der Waals surface area contributed by atoms with Crippen molar-refractivity contribution in [2.24, 2.45) is 0 Å². The summed E-state index contributed by atoms with van der Waals surface area (Å²) >= 11 is 12.0. The number of aromatic nitrogens is 2. The lowest BCUT2D eigenvalue weighted by Crippen LogP contribution is -2.03. The van der Waals surface area contributed by atoms with Crippen LogP contribution in [0.1, 0.15) is 21.7 Å². The fourth-order valence-corrected chi connectivity index (χ4v) is 2.84. The molecule has 0 aliphatic carbocycles. The van der Waals surface area contributed by atoms with E-state index in [0.29, 0.717) is 22.2 Å². The van der Waals surface area contributed by atoms with Crippen LogP contribution in [0.15, 0.2) is 36.4 Å². The summed E-state index contributed by atoms with van der Waals surface area (Å²) in [5.41, 5.74) is 3.21. The number of halogens is 2. The molecule has 0 N–H and O–H groups in total. The first-order valence-corrected chi connectivity index (χ1v) is 7.74. The zero-order valence-electron chi connectivity index (χ0n) is 12.6. The van der Waals surface area contributed by atoms with Gasteiger partial charge in [0.05, 0.1) is 33.8 Å². The van der Waals surface area contributed by atoms with Crippen LogP contribution in [0.5, 0.6) is 0 Å². The minimum atomic E-state index is -0.372. The zero-order chi connectivity index (χ0) is 16.6. The molecule has 4 nitrogen and oxygen atoms in total. The molecule has 0 fully saturated rings. The van der Waals surface area contributed by atoms with Crippen molar-refractivity contribution in [2.45, 2.75) is 13.5 Å². The summed E-state index contributed by atoms with van der Waals surface area (Å²) in [6, 6.07) is 10.9. The van der Waals surface area contributed by atoms with Gasteiger partial charge in [0, 0.05) is 6.54 Å². The number of carbonyl (C=O) groups is 1. The third-order valence-electron chi connectivity index (χ3n) is 3.68. The SMILES string of the molecule is COC(=O)c1ccc2c(c1)nc(C)n2Cc1ccc(Cl)c(Cl)c1. The molecule has 0 bridgehead atoms. The van der Waals surface area contributed by atoms with E-state index in [9.17, 15) is 4.79 Å². The van der Waals surface area contributed by atoms with Crippen molar-refractivity contribution in [1.82, 2.24) is 9.55 Å². The van der Waals surface area contributed by atoms with E-state index in [0.717, 1.165) is 22.4 Å². The molecule has 0 radical (unpaired) electrons. The Kier molecular flexibility index (Phi) is 4.28. The number of fused-ring (bicyclic) bond motifs is 1. The number of carbonyl (C=O) groups excluding carboxylic acids is 1. The van der Waals surface area contributed by atoms with Gasteiger partial charge in [-0.05, 0) is 42.8 Å². The van der Waals surface area contributed by atoms with Gasteiger partial charge >= 0.3 is 5.97 Å². The van der Waals surface area contributed by atoms with Gasteiger partial charge in [0.25, 0.3) is 0 Å². The quantitative estimate of drug-likeness (QED) is 0.655. The molecule has 3 aromatic rings. The smallest absolute Gasteiger partial charge is 0.337 e. The second-order valence-electron chi connectivity index (χ2n) is 5.19. The summed E-state index contributed by atoms with van der Waals surface area (Å²) in [5, 5.41) is 1.06. The first-order valence-electron chi connectivity index (χ1n) is 6.98. The molecule has 0 atom stereocenters. The van der Waals surface area contributed by atoms with Gasteiger partial charge in [-0.1, -0.05) is 29.3 Å². The first kappa shape index (κ1) is 15.8. The Morgan fingerprint density at radius 1 is 1.17 bits per heavy atom. The van der Waals surface area contributed by atoms with Gasteiger partial charge in [-0.25, -0.2) is 9.78 Å². The Morgan fingerprint density at radius 2 is 1.96 bits per heavy atom. The van der Waals surface area contributed by atoms with E-state index < -0.39 is 0 Å². The lowest BCUT2D eigenvalue weighted by molar-refractivity contribution is 0.0601. The molecule has 0 unspecified atom stereocenters. The Morgan fingerprint density at radius 3 is 2.65 bits per heavy atom. The maximum Gasteiger partial charge on any atom is 0.337 e. The number of imidazole rings is 1. The third-order valence-corrected chi connectivity index (χ3v) is 4.42. The molecule has 6 heteroatoms. The number of hydrogen-bond acceptors (Lipinski definition) is 3. The zero-order valence-corrected chi connectivity index (χ0v) is 14.1. The summed E-state index contributed by atoms with van der Waals surface area (Å²) in [7, 11) is 1.36. The van der Waals surface area contributed by atoms with Crippen LogP contribution in [0.3, 0.4) is 0 Å². The van der Waals surface area contributed by atoms with Crippen LogP contribution in [0.25, 0.3) is 11.0 Å². The Hall–Kier alpha value is -2.04. The molecule has 2 aromatic carbocycles. The molecular formula is C17H14Cl2N2O2. The summed E-state index contributed by atoms with van der Waals surface area (Å²) in [6.07, 6.45) is 0. The maximum atomic E-state index is 11.6. The molecule has 118 valence electrons. The van der Waals surface area contributed by atoms with Crippen LogP contribution in [0.2, 0.25) is 10.0 Å². The van der Waals surface area contributed by atoms with E-state index in [4.69, 9.17) is 27.9 Å². The molecule has 0 amide bonds. The summed E-state index contributed by atoms with van der Waals surface area (Å²) < 4.78 is 6.81. The highest BCUT2D eigenvalue weighted by Crippen LogP contribution is 2.25. The van der Waals surface area contributed by atoms with Crippen molar-refractivity contribution in [1.29, 1.82) is 0 Å². The average Bonchev–Trinajstić information content (AvgIpc) is 2.85. The second-order valence-corrected chi connectivity index (χ2v) is 6.00. The average molecular weight is 349 g/mol. The van der Waals surface area contributed by atoms with Gasteiger partial charge in [-0.3, -0.25) is 0 Å². The van der Waals surface area contributed by atoms with Gasteiger partial charge in [0.1, 0.15) is 5.82 Å². The first-order chi connectivity index (χ1) is 11.0. The van der Waals surface area contributed by atoms with Gasteiger partial charge in [-0.15, -0.1) is 0 Å². The topological polar surface area (TPSA) is 44.1 Å². The van der Waals surface area contributed by atoms with Crippen LogP contribution < -0.4 is 0 Å². The number of benzene rings is 2. The second kappa shape index (κ2) is 6.22. The molecule has 0 aliphatic heterocycles. The van der Waals surface area contributed by atoms with Crippen molar-refractivity contribution < 1.29 is 9.53 Å². The van der Waals surface area contributed by atoms with Gasteiger partial charge in [-0.2, -0.15) is 0 Å². The van der Waals surface area contributed by atoms with Crippen molar-refractivity contribution >= 4 is 40.2 Å². The molecule has 3 rings (SSSR count). The summed E-state index contributed by atoms with van der Waals surface area (Å²) in [6.45, 7) is 2.55. The molecular weight excluding hydrogens is 335 g/mol. The highest BCUT2D eigenvalue weighted by atomic mass is 35.5. The predicted molar refractivity (Wildman–Crippen MR) is 91.4 cm³/mol. The van der Waals surface area contributed by atoms with Crippen molar-refractivity contribution in [3.05, 3.63) is 63.4 Å². The molecule has 0 spiro atoms. The lowest BCUT2D eigenvalue weighted by Gasteiger charge is -2.08. The van der Waals surface area contributed by atoms with Gasteiger partial charge < -0.3 is 9.30 Å².